The van der Waals surface area contributed by atoms with Gasteiger partial charge in [0.25, 0.3) is 5.69 Å². The lowest BCUT2D eigenvalue weighted by molar-refractivity contribution is -0.384. The molecule has 0 fully saturated rings. The molecule has 0 aliphatic heterocycles. The molecule has 5 aromatic rings. The van der Waals surface area contributed by atoms with Gasteiger partial charge in [-0.2, -0.15) is 0 Å². The maximum atomic E-state index is 11.1. The van der Waals surface area contributed by atoms with Gasteiger partial charge >= 0.3 is 0 Å². The van der Waals surface area contributed by atoms with E-state index < -0.39 is 4.92 Å². The van der Waals surface area contributed by atoms with Gasteiger partial charge in [0.05, 0.1) is 16.1 Å². The lowest BCUT2D eigenvalue weighted by atomic mass is 9.80. The van der Waals surface area contributed by atoms with Gasteiger partial charge in [0.1, 0.15) is 0 Å². The minimum absolute atomic E-state index is 0.00792. The molecule has 0 aliphatic carbocycles. The molecule has 0 bridgehead atoms. The van der Waals surface area contributed by atoms with Crippen LogP contribution < -0.4 is 4.72 Å². The summed E-state index contributed by atoms with van der Waals surface area (Å²) < 4.78 is 39.5. The summed E-state index contributed by atoms with van der Waals surface area (Å²) in [5.41, 5.74) is 1.88. The quantitative estimate of drug-likeness (QED) is 0.119. The summed E-state index contributed by atoms with van der Waals surface area (Å²) in [4.78, 5) is 11.4. The second-order valence-electron chi connectivity index (χ2n) is 11.0. The van der Waals surface area contributed by atoms with Gasteiger partial charge in [0.15, 0.2) is 0 Å². The minimum Gasteiger partial charge on any atom is -0.325 e. The highest BCUT2D eigenvalue weighted by molar-refractivity contribution is 8.00. The second kappa shape index (κ2) is 8.13. The van der Waals surface area contributed by atoms with Gasteiger partial charge in [-0.05, 0) is 79.0 Å². The van der Waals surface area contributed by atoms with Crippen LogP contribution in [0.15, 0.2) is 71.5 Å². The third kappa shape index (κ3) is 4.19. The minimum atomic E-state index is -0.438. The number of non-ortho nitro benzene ring substituents is 1. The maximum absolute atomic E-state index is 11.1. The highest BCUT2D eigenvalue weighted by Crippen LogP contribution is 2.45. The summed E-state index contributed by atoms with van der Waals surface area (Å²) in [5.74, 6) is 0. The van der Waals surface area contributed by atoms with Crippen LogP contribution in [0.25, 0.3) is 32.3 Å². The van der Waals surface area contributed by atoms with E-state index in [1.165, 1.54) is 24.1 Å². The van der Waals surface area contributed by atoms with E-state index in [0.717, 1.165) is 21.4 Å². The van der Waals surface area contributed by atoms with E-state index in [0.29, 0.717) is 32.6 Å². The molecule has 4 nitrogen and oxygen atoms in total. The van der Waals surface area contributed by atoms with Crippen molar-refractivity contribution >= 4 is 55.6 Å². The topological polar surface area (TPSA) is 55.2 Å². The lowest BCUT2D eigenvalue weighted by Crippen LogP contribution is -2.14. The Bertz CT molecular complexity index is 1770. The zero-order valence-corrected chi connectivity index (χ0v) is 21.5. The van der Waals surface area contributed by atoms with Crippen molar-refractivity contribution in [2.45, 2.75) is 57.3 Å². The van der Waals surface area contributed by atoms with Crippen molar-refractivity contribution in [3.63, 3.8) is 0 Å². The van der Waals surface area contributed by atoms with Crippen molar-refractivity contribution in [3.05, 3.63) is 87.9 Å². The Morgan fingerprint density at radius 1 is 0.829 bits per heavy atom. The molecule has 0 saturated carbocycles. The first-order valence-electron chi connectivity index (χ1n) is 13.6. The number of hydrogen-bond donors (Lipinski definition) is 1. The van der Waals surface area contributed by atoms with Crippen molar-refractivity contribution in [2.75, 3.05) is 4.72 Å². The van der Waals surface area contributed by atoms with Crippen LogP contribution in [-0.2, 0) is 10.8 Å². The molecule has 0 unspecified atom stereocenters. The zero-order valence-electron chi connectivity index (χ0n) is 24.7. The van der Waals surface area contributed by atoms with Gasteiger partial charge in [-0.15, -0.1) is 0 Å². The van der Waals surface area contributed by atoms with Crippen LogP contribution in [0, 0.1) is 10.1 Å². The SMILES string of the molecule is [2H]c1c([2H])c2cc(C(C)(C)C)c(NSc3ccc([N+](=O)[O-])cc3)c3c([2H])c([2H])c4cc(C(C)(C)C)cc1c4c23. The number of nitrogens with one attached hydrogen (secondary N) is 1. The molecule has 5 rings (SSSR count). The van der Waals surface area contributed by atoms with Gasteiger partial charge in [-0.1, -0.05) is 77.8 Å². The Hall–Kier alpha value is -3.31. The molecule has 0 aromatic heterocycles. The average molecular weight is 487 g/mol. The number of hydrogen-bond acceptors (Lipinski definition) is 4. The molecule has 5 heteroatoms. The van der Waals surface area contributed by atoms with Crippen LogP contribution in [0.3, 0.4) is 0 Å². The number of nitro benzene ring substituents is 1. The van der Waals surface area contributed by atoms with Crippen LogP contribution in [0.2, 0.25) is 0 Å². The molecule has 0 saturated heterocycles. The van der Waals surface area contributed by atoms with E-state index >= 15 is 0 Å². The van der Waals surface area contributed by atoms with E-state index in [4.69, 9.17) is 5.48 Å². The van der Waals surface area contributed by atoms with Crippen molar-refractivity contribution in [1.29, 1.82) is 0 Å². The largest absolute Gasteiger partial charge is 0.325 e. The molecular weight excluding hydrogens is 452 g/mol. The Morgan fingerprint density at radius 3 is 1.94 bits per heavy atom. The first kappa shape index (κ1) is 18.9. The lowest BCUT2D eigenvalue weighted by Gasteiger charge is -2.27. The van der Waals surface area contributed by atoms with Crippen LogP contribution in [0.5, 0.6) is 0 Å². The predicted molar refractivity (Wildman–Crippen MR) is 150 cm³/mol. The number of benzene rings is 5. The fourth-order valence-electron chi connectivity index (χ4n) is 4.42. The zero-order chi connectivity index (χ0) is 28.6. The van der Waals surface area contributed by atoms with Crippen molar-refractivity contribution < 1.29 is 10.4 Å². The highest BCUT2D eigenvalue weighted by atomic mass is 32.2. The number of nitrogens with zero attached hydrogens (tertiary/aromatic N) is 1. The molecule has 0 amide bonds. The van der Waals surface area contributed by atoms with E-state index in [1.807, 2.05) is 39.0 Å². The third-order valence-corrected chi connectivity index (χ3v) is 7.18. The summed E-state index contributed by atoms with van der Waals surface area (Å²) in [6.45, 7) is 12.4. The van der Waals surface area contributed by atoms with Crippen LogP contribution in [-0.4, -0.2) is 4.92 Å². The summed E-state index contributed by atoms with van der Waals surface area (Å²) in [7, 11) is 0. The van der Waals surface area contributed by atoms with E-state index in [9.17, 15) is 10.1 Å². The molecule has 1 N–H and O–H groups in total. The van der Waals surface area contributed by atoms with Crippen molar-refractivity contribution in [3.8, 4) is 0 Å². The Labute approximate surface area is 216 Å². The summed E-state index contributed by atoms with van der Waals surface area (Å²) in [6.07, 6.45) is 0. The van der Waals surface area contributed by atoms with Gasteiger partial charge in [-0.3, -0.25) is 10.1 Å². The number of rotatable bonds is 4. The Morgan fingerprint density at radius 2 is 1.40 bits per heavy atom. The Kier molecular flexibility index (Phi) is 4.40. The third-order valence-electron chi connectivity index (χ3n) is 6.36. The van der Waals surface area contributed by atoms with Crippen LogP contribution in [0.4, 0.5) is 11.4 Å². The Balaban J connectivity index is 1.86. The normalized spacial score (nSPS) is 14.2. The summed E-state index contributed by atoms with van der Waals surface area (Å²) >= 11 is 1.28. The number of anilines is 1. The van der Waals surface area contributed by atoms with Crippen LogP contribution >= 0.6 is 11.9 Å². The highest BCUT2D eigenvalue weighted by Gasteiger charge is 2.24. The maximum Gasteiger partial charge on any atom is 0.269 e. The first-order chi connectivity index (χ1) is 18.1. The average Bonchev–Trinajstić information content (AvgIpc) is 2.86. The summed E-state index contributed by atoms with van der Waals surface area (Å²) in [6, 6.07) is 12.5. The monoisotopic (exact) mass is 486 g/mol. The summed E-state index contributed by atoms with van der Waals surface area (Å²) in [5, 5.41) is 14.9. The molecule has 0 atom stereocenters. The predicted octanol–water partition coefficient (Wildman–Crippen LogP) is 9.21. The van der Waals surface area contributed by atoms with Gasteiger partial charge in [0.2, 0.25) is 0 Å². The molecule has 0 aliphatic rings. The van der Waals surface area contributed by atoms with Crippen LogP contribution in [0.1, 0.15) is 58.2 Å². The molecular formula is C30H30N2O2S. The fourth-order valence-corrected chi connectivity index (χ4v) is 5.12. The molecule has 0 spiro atoms. The van der Waals surface area contributed by atoms with Crippen molar-refractivity contribution in [1.82, 2.24) is 0 Å². The molecule has 5 aromatic carbocycles. The van der Waals surface area contributed by atoms with Gasteiger partial charge < -0.3 is 4.72 Å². The fraction of sp³-hybridized carbons (Fsp3) is 0.267. The smallest absolute Gasteiger partial charge is 0.269 e. The van der Waals surface area contributed by atoms with E-state index in [2.05, 4.69) is 25.5 Å². The van der Waals surface area contributed by atoms with Gasteiger partial charge in [-0.25, -0.2) is 0 Å². The molecule has 0 heterocycles. The van der Waals surface area contributed by atoms with Gasteiger partial charge in [0, 0.05) is 22.4 Å². The van der Waals surface area contributed by atoms with E-state index in [1.54, 1.807) is 12.1 Å². The molecule has 178 valence electrons. The molecule has 0 radical (unpaired) electrons. The molecule has 35 heavy (non-hydrogen) atoms. The standard InChI is InChI=1S/C30H30N2O2S/c1-29(2,3)21-15-18-7-8-20-17-25(30(4,5)6)28(24-14-9-19(16-21)26(18)27(20)24)31-35-23-12-10-22(11-13-23)32(33)34/h7-17,31H,1-6H3/i7D,8D,9D,14D. The second-order valence-corrected chi connectivity index (χ2v) is 11.9. The first-order valence-corrected chi connectivity index (χ1v) is 12.4. The number of nitro groups is 1. The van der Waals surface area contributed by atoms with E-state index in [-0.39, 0.29) is 40.7 Å². The van der Waals surface area contributed by atoms with Crippen molar-refractivity contribution in [2.24, 2.45) is 0 Å².